The van der Waals surface area contributed by atoms with Gasteiger partial charge < -0.3 is 11.1 Å². The van der Waals surface area contributed by atoms with Crippen molar-refractivity contribution in [2.75, 3.05) is 0 Å². The molecule has 0 bridgehead atoms. The summed E-state index contributed by atoms with van der Waals surface area (Å²) >= 11 is 0. The molecule has 3 aromatic rings. The van der Waals surface area contributed by atoms with Crippen LogP contribution in [0.15, 0.2) is 66.7 Å². The lowest BCUT2D eigenvalue weighted by Crippen LogP contribution is -2.45. The zero-order valence-corrected chi connectivity index (χ0v) is 16.5. The summed E-state index contributed by atoms with van der Waals surface area (Å²) in [6.45, 7) is 6.36. The molecule has 28 heavy (non-hydrogen) atoms. The van der Waals surface area contributed by atoms with Crippen LogP contribution in [0, 0.1) is 0 Å². The molecule has 144 valence electrons. The second kappa shape index (κ2) is 7.85. The van der Waals surface area contributed by atoms with Crippen molar-refractivity contribution in [2.45, 2.75) is 38.6 Å². The minimum Gasteiger partial charge on any atom is -0.368 e. The molecule has 3 rings (SSSR count). The number of benzene rings is 3. The molecule has 2 amide bonds. The first kappa shape index (κ1) is 19.6. The molecule has 4 nitrogen and oxygen atoms in total. The van der Waals surface area contributed by atoms with Crippen molar-refractivity contribution in [1.29, 1.82) is 0 Å². The highest BCUT2D eigenvalue weighted by Gasteiger charge is 2.21. The topological polar surface area (TPSA) is 72.2 Å². The van der Waals surface area contributed by atoms with E-state index in [0.717, 1.165) is 21.9 Å². The Morgan fingerprint density at radius 3 is 2.21 bits per heavy atom. The molecule has 1 atom stereocenters. The quantitative estimate of drug-likeness (QED) is 0.709. The van der Waals surface area contributed by atoms with Crippen LogP contribution >= 0.6 is 0 Å². The third kappa shape index (κ3) is 4.39. The smallest absolute Gasteiger partial charge is 0.251 e. The van der Waals surface area contributed by atoms with E-state index in [2.05, 4.69) is 26.1 Å². The fourth-order valence-corrected chi connectivity index (χ4v) is 3.28. The van der Waals surface area contributed by atoms with E-state index in [1.54, 1.807) is 12.1 Å². The number of carbonyl (C=O) groups excluding carboxylic acids is 2. The Kier molecular flexibility index (Phi) is 5.50. The number of hydrogen-bond acceptors (Lipinski definition) is 2. The molecule has 4 heteroatoms. The molecule has 0 heterocycles. The zero-order chi connectivity index (χ0) is 20.3. The molecule has 0 spiro atoms. The van der Waals surface area contributed by atoms with Gasteiger partial charge in [-0.3, -0.25) is 9.59 Å². The monoisotopic (exact) mass is 374 g/mol. The van der Waals surface area contributed by atoms with Crippen LogP contribution in [0.4, 0.5) is 0 Å². The summed E-state index contributed by atoms with van der Waals surface area (Å²) in [6.07, 6.45) is 0.350. The number of hydrogen-bond donors (Lipinski definition) is 2. The molecule has 0 unspecified atom stereocenters. The first-order valence-electron chi connectivity index (χ1n) is 9.43. The Morgan fingerprint density at radius 1 is 0.929 bits per heavy atom. The van der Waals surface area contributed by atoms with Crippen molar-refractivity contribution in [2.24, 2.45) is 5.73 Å². The van der Waals surface area contributed by atoms with Crippen LogP contribution in [0.1, 0.15) is 42.3 Å². The van der Waals surface area contributed by atoms with Gasteiger partial charge in [-0.05, 0) is 39.4 Å². The lowest BCUT2D eigenvalue weighted by molar-refractivity contribution is -0.119. The van der Waals surface area contributed by atoms with Gasteiger partial charge in [0.2, 0.25) is 5.91 Å². The normalized spacial score (nSPS) is 12.5. The SMILES string of the molecule is CC(C)(C)c1ccc(C(=O)N[C@@H](Cc2cccc3ccccc23)C(N)=O)cc1. The van der Waals surface area contributed by atoms with Gasteiger partial charge in [-0.2, -0.15) is 0 Å². The van der Waals surface area contributed by atoms with Crippen molar-refractivity contribution in [1.82, 2.24) is 5.32 Å². The lowest BCUT2D eigenvalue weighted by Gasteiger charge is -2.20. The van der Waals surface area contributed by atoms with E-state index in [1.807, 2.05) is 54.6 Å². The highest BCUT2D eigenvalue weighted by molar-refractivity contribution is 5.97. The van der Waals surface area contributed by atoms with Gasteiger partial charge in [0.25, 0.3) is 5.91 Å². The third-order valence-electron chi connectivity index (χ3n) is 4.97. The summed E-state index contributed by atoms with van der Waals surface area (Å²) in [5.74, 6) is -0.850. The number of carbonyl (C=O) groups is 2. The Hall–Kier alpha value is -3.14. The maximum atomic E-state index is 12.7. The average molecular weight is 374 g/mol. The van der Waals surface area contributed by atoms with E-state index < -0.39 is 11.9 Å². The summed E-state index contributed by atoms with van der Waals surface area (Å²) in [6, 6.07) is 20.6. The molecule has 3 aromatic carbocycles. The minimum absolute atomic E-state index is 0.0130. The predicted octanol–water partition coefficient (Wildman–Crippen LogP) is 3.96. The molecule has 0 aliphatic heterocycles. The minimum atomic E-state index is -0.777. The van der Waals surface area contributed by atoms with Gasteiger partial charge in [0, 0.05) is 12.0 Å². The second-order valence-electron chi connectivity index (χ2n) is 8.10. The first-order chi connectivity index (χ1) is 13.3. The molecular formula is C24H26N2O2. The largest absolute Gasteiger partial charge is 0.368 e. The van der Waals surface area contributed by atoms with E-state index in [9.17, 15) is 9.59 Å². The highest BCUT2D eigenvalue weighted by Crippen LogP contribution is 2.22. The molecule has 0 saturated heterocycles. The predicted molar refractivity (Wildman–Crippen MR) is 113 cm³/mol. The molecule has 0 aliphatic rings. The van der Waals surface area contributed by atoms with E-state index in [-0.39, 0.29) is 11.3 Å². The Balaban J connectivity index is 1.79. The zero-order valence-electron chi connectivity index (χ0n) is 16.5. The Labute approximate surface area is 165 Å². The van der Waals surface area contributed by atoms with Gasteiger partial charge in [0.1, 0.15) is 6.04 Å². The van der Waals surface area contributed by atoms with E-state index >= 15 is 0 Å². The lowest BCUT2D eigenvalue weighted by atomic mass is 9.86. The van der Waals surface area contributed by atoms with Gasteiger partial charge in [0.15, 0.2) is 0 Å². The van der Waals surface area contributed by atoms with E-state index in [0.29, 0.717) is 12.0 Å². The van der Waals surface area contributed by atoms with Crippen molar-refractivity contribution in [3.05, 3.63) is 83.4 Å². The fraction of sp³-hybridized carbons (Fsp3) is 0.250. The molecule has 0 aliphatic carbocycles. The van der Waals surface area contributed by atoms with Crippen LogP contribution in [0.25, 0.3) is 10.8 Å². The molecule has 0 aromatic heterocycles. The van der Waals surface area contributed by atoms with Crippen molar-refractivity contribution in [3.8, 4) is 0 Å². The summed E-state index contributed by atoms with van der Waals surface area (Å²) in [5.41, 5.74) is 8.23. The van der Waals surface area contributed by atoms with Gasteiger partial charge >= 0.3 is 0 Å². The number of nitrogens with two attached hydrogens (primary N) is 1. The highest BCUT2D eigenvalue weighted by atomic mass is 16.2. The first-order valence-corrected chi connectivity index (χ1v) is 9.43. The second-order valence-corrected chi connectivity index (χ2v) is 8.10. The Morgan fingerprint density at radius 2 is 1.57 bits per heavy atom. The number of rotatable bonds is 5. The van der Waals surface area contributed by atoms with Crippen molar-refractivity contribution >= 4 is 22.6 Å². The molecule has 3 N–H and O–H groups in total. The van der Waals surface area contributed by atoms with Crippen molar-refractivity contribution < 1.29 is 9.59 Å². The number of amides is 2. The van der Waals surface area contributed by atoms with Crippen LogP contribution in [0.3, 0.4) is 0 Å². The Bertz CT molecular complexity index is 996. The van der Waals surface area contributed by atoms with Gasteiger partial charge in [0.05, 0.1) is 0 Å². The molecule has 0 radical (unpaired) electrons. The number of primary amides is 1. The van der Waals surface area contributed by atoms with Gasteiger partial charge in [-0.1, -0.05) is 75.4 Å². The fourth-order valence-electron chi connectivity index (χ4n) is 3.28. The average Bonchev–Trinajstić information content (AvgIpc) is 2.67. The molecule has 0 saturated carbocycles. The number of fused-ring (bicyclic) bond motifs is 1. The van der Waals surface area contributed by atoms with Gasteiger partial charge in [-0.25, -0.2) is 0 Å². The molecule has 0 fully saturated rings. The number of nitrogens with one attached hydrogen (secondary N) is 1. The van der Waals surface area contributed by atoms with E-state index in [1.165, 1.54) is 0 Å². The summed E-state index contributed by atoms with van der Waals surface area (Å²) in [4.78, 5) is 24.7. The van der Waals surface area contributed by atoms with Crippen LogP contribution in [-0.4, -0.2) is 17.9 Å². The maximum Gasteiger partial charge on any atom is 0.251 e. The maximum absolute atomic E-state index is 12.7. The van der Waals surface area contributed by atoms with E-state index in [4.69, 9.17) is 5.73 Å². The standard InChI is InChI=1S/C24H26N2O2/c1-24(2,3)19-13-11-17(12-14-19)23(28)26-21(22(25)27)15-18-9-6-8-16-7-4-5-10-20(16)18/h4-14,21H,15H2,1-3H3,(H2,25,27)(H,26,28)/t21-/m0/s1. The summed E-state index contributed by atoms with van der Waals surface area (Å²) in [5, 5.41) is 4.94. The summed E-state index contributed by atoms with van der Waals surface area (Å²) in [7, 11) is 0. The van der Waals surface area contributed by atoms with Crippen LogP contribution < -0.4 is 11.1 Å². The van der Waals surface area contributed by atoms with Crippen molar-refractivity contribution in [3.63, 3.8) is 0 Å². The summed E-state index contributed by atoms with van der Waals surface area (Å²) < 4.78 is 0. The van der Waals surface area contributed by atoms with Gasteiger partial charge in [-0.15, -0.1) is 0 Å². The van der Waals surface area contributed by atoms with Crippen LogP contribution in [-0.2, 0) is 16.6 Å². The van der Waals surface area contributed by atoms with Crippen LogP contribution in [0.5, 0.6) is 0 Å². The van der Waals surface area contributed by atoms with Crippen LogP contribution in [0.2, 0.25) is 0 Å². The molecular weight excluding hydrogens is 348 g/mol. The third-order valence-corrected chi connectivity index (χ3v) is 4.97.